The van der Waals surface area contributed by atoms with Crippen LogP contribution in [-0.4, -0.2) is 23.3 Å². The number of aliphatic hydroxyl groups excluding tert-OH is 1. The molecule has 0 saturated heterocycles. The molecule has 0 aromatic carbocycles. The van der Waals surface area contributed by atoms with Gasteiger partial charge in [-0.15, -0.1) is 0 Å². The first-order valence-electron chi connectivity index (χ1n) is 8.85. The zero-order valence-corrected chi connectivity index (χ0v) is 14.7. The number of fused-ring (bicyclic) bond motifs is 2. The second-order valence-electron chi connectivity index (χ2n) is 8.24. The lowest BCUT2D eigenvalue weighted by Crippen LogP contribution is -2.34. The van der Waals surface area contributed by atoms with E-state index in [4.69, 9.17) is 0 Å². The van der Waals surface area contributed by atoms with Gasteiger partial charge in [0.05, 0.1) is 6.61 Å². The molecule has 0 bridgehead atoms. The van der Waals surface area contributed by atoms with Crippen LogP contribution in [0.5, 0.6) is 0 Å². The molecule has 3 aliphatic rings. The summed E-state index contributed by atoms with van der Waals surface area (Å²) in [5, 5.41) is 9.79. The summed E-state index contributed by atoms with van der Waals surface area (Å²) >= 11 is 0. The van der Waals surface area contributed by atoms with Gasteiger partial charge in [0.2, 0.25) is 0 Å². The van der Waals surface area contributed by atoms with Gasteiger partial charge in [0.25, 0.3) is 0 Å². The van der Waals surface area contributed by atoms with Crippen molar-refractivity contribution >= 4 is 11.6 Å². The van der Waals surface area contributed by atoms with E-state index in [1.54, 1.807) is 0 Å². The summed E-state index contributed by atoms with van der Waals surface area (Å²) < 4.78 is 0. The van der Waals surface area contributed by atoms with Crippen molar-refractivity contribution in [2.45, 2.75) is 53.4 Å². The Balaban J connectivity index is 2.09. The molecule has 0 spiro atoms. The van der Waals surface area contributed by atoms with Crippen molar-refractivity contribution in [1.29, 1.82) is 0 Å². The van der Waals surface area contributed by atoms with Crippen LogP contribution in [0.25, 0.3) is 0 Å². The highest BCUT2D eigenvalue weighted by Crippen LogP contribution is 2.55. The molecule has 23 heavy (non-hydrogen) atoms. The van der Waals surface area contributed by atoms with E-state index in [-0.39, 0.29) is 23.7 Å². The Labute approximate surface area is 138 Å². The van der Waals surface area contributed by atoms with Crippen LogP contribution >= 0.6 is 0 Å². The van der Waals surface area contributed by atoms with Crippen molar-refractivity contribution < 1.29 is 14.7 Å². The molecule has 3 rings (SSSR count). The molecule has 3 aliphatic carbocycles. The van der Waals surface area contributed by atoms with Gasteiger partial charge in [-0.25, -0.2) is 0 Å². The first-order valence-corrected chi connectivity index (χ1v) is 8.85. The number of carbonyl (C=O) groups is 2. The summed E-state index contributed by atoms with van der Waals surface area (Å²) in [6.07, 6.45) is 4.80. The molecule has 3 nitrogen and oxygen atoms in total. The van der Waals surface area contributed by atoms with Crippen molar-refractivity contribution in [1.82, 2.24) is 0 Å². The predicted molar refractivity (Wildman–Crippen MR) is 89.8 cm³/mol. The number of hydrogen-bond donors (Lipinski definition) is 1. The second-order valence-corrected chi connectivity index (χ2v) is 8.24. The lowest BCUT2D eigenvalue weighted by atomic mass is 9.65. The number of ketones is 2. The number of aliphatic hydroxyl groups is 1. The number of rotatable bonds is 2. The summed E-state index contributed by atoms with van der Waals surface area (Å²) in [4.78, 5) is 25.1. The maximum atomic E-state index is 12.9. The Morgan fingerprint density at radius 3 is 2.61 bits per heavy atom. The van der Waals surface area contributed by atoms with E-state index in [1.807, 2.05) is 6.92 Å². The maximum absolute atomic E-state index is 12.9. The highest BCUT2D eigenvalue weighted by molar-refractivity contribution is 5.99. The molecule has 0 aromatic rings. The normalized spacial score (nSPS) is 39.9. The van der Waals surface area contributed by atoms with Gasteiger partial charge in [-0.3, -0.25) is 9.59 Å². The molecule has 1 saturated carbocycles. The molecule has 126 valence electrons. The fourth-order valence-corrected chi connectivity index (χ4v) is 5.14. The Hall–Kier alpha value is -1.22. The molecule has 3 heteroatoms. The minimum atomic E-state index is -0.355. The quantitative estimate of drug-likeness (QED) is 0.794. The van der Waals surface area contributed by atoms with Gasteiger partial charge >= 0.3 is 0 Å². The minimum absolute atomic E-state index is 0.0124. The third-order valence-corrected chi connectivity index (χ3v) is 6.78. The average molecular weight is 316 g/mol. The van der Waals surface area contributed by atoms with Crippen LogP contribution in [0.1, 0.15) is 53.4 Å². The van der Waals surface area contributed by atoms with Gasteiger partial charge in [0, 0.05) is 24.2 Å². The van der Waals surface area contributed by atoms with Gasteiger partial charge in [-0.2, -0.15) is 0 Å². The molecule has 0 unspecified atom stereocenters. The third-order valence-electron chi connectivity index (χ3n) is 6.78. The zero-order valence-electron chi connectivity index (χ0n) is 14.7. The van der Waals surface area contributed by atoms with E-state index in [1.165, 1.54) is 0 Å². The van der Waals surface area contributed by atoms with Crippen molar-refractivity contribution in [3.8, 4) is 0 Å². The van der Waals surface area contributed by atoms with Crippen LogP contribution in [-0.2, 0) is 9.59 Å². The molecule has 0 radical (unpaired) electrons. The fourth-order valence-electron chi connectivity index (χ4n) is 5.14. The Bertz CT molecular complexity index is 610. The highest BCUT2D eigenvalue weighted by Gasteiger charge is 2.53. The Kier molecular flexibility index (Phi) is 4.12. The molecular weight excluding hydrogens is 288 g/mol. The Morgan fingerprint density at radius 2 is 2.00 bits per heavy atom. The van der Waals surface area contributed by atoms with Crippen molar-refractivity contribution in [2.24, 2.45) is 29.1 Å². The molecular formula is C20H28O3. The molecule has 0 amide bonds. The van der Waals surface area contributed by atoms with Crippen LogP contribution in [0, 0.1) is 29.1 Å². The smallest absolute Gasteiger partial charge is 0.159 e. The van der Waals surface area contributed by atoms with Crippen molar-refractivity contribution in [3.63, 3.8) is 0 Å². The second kappa shape index (κ2) is 5.70. The molecule has 1 fully saturated rings. The van der Waals surface area contributed by atoms with E-state index < -0.39 is 0 Å². The zero-order chi connectivity index (χ0) is 16.9. The van der Waals surface area contributed by atoms with Gasteiger partial charge in [-0.1, -0.05) is 32.4 Å². The molecule has 0 heterocycles. The number of hydrogen-bond acceptors (Lipinski definition) is 3. The van der Waals surface area contributed by atoms with Crippen LogP contribution < -0.4 is 0 Å². The van der Waals surface area contributed by atoms with Crippen LogP contribution in [0.15, 0.2) is 22.8 Å². The van der Waals surface area contributed by atoms with Crippen LogP contribution in [0.2, 0.25) is 0 Å². The fraction of sp³-hybridized carbons (Fsp3) is 0.700. The van der Waals surface area contributed by atoms with E-state index in [0.29, 0.717) is 42.8 Å². The van der Waals surface area contributed by atoms with Gasteiger partial charge in [0.1, 0.15) is 5.78 Å². The topological polar surface area (TPSA) is 54.4 Å². The maximum Gasteiger partial charge on any atom is 0.159 e. The number of carbonyl (C=O) groups excluding carboxylic acids is 2. The average Bonchev–Trinajstić information content (AvgIpc) is 2.89. The van der Waals surface area contributed by atoms with E-state index in [2.05, 4.69) is 26.8 Å². The van der Waals surface area contributed by atoms with E-state index in [9.17, 15) is 14.7 Å². The summed E-state index contributed by atoms with van der Waals surface area (Å²) in [5.41, 5.74) is 2.57. The van der Waals surface area contributed by atoms with Crippen molar-refractivity contribution in [3.05, 3.63) is 22.8 Å². The van der Waals surface area contributed by atoms with Gasteiger partial charge in [-0.05, 0) is 48.7 Å². The predicted octanol–water partition coefficient (Wildman–Crippen LogP) is 3.47. The van der Waals surface area contributed by atoms with Crippen LogP contribution in [0.3, 0.4) is 0 Å². The van der Waals surface area contributed by atoms with Gasteiger partial charge < -0.3 is 5.11 Å². The highest BCUT2D eigenvalue weighted by atomic mass is 16.3. The van der Waals surface area contributed by atoms with Crippen molar-refractivity contribution in [2.75, 3.05) is 6.61 Å². The largest absolute Gasteiger partial charge is 0.392 e. The molecule has 0 aromatic heterocycles. The summed E-state index contributed by atoms with van der Waals surface area (Å²) in [6.45, 7) is 8.42. The van der Waals surface area contributed by atoms with E-state index >= 15 is 0 Å². The first-order chi connectivity index (χ1) is 10.8. The summed E-state index contributed by atoms with van der Waals surface area (Å²) in [5.74, 6) is 1.76. The lowest BCUT2D eigenvalue weighted by molar-refractivity contribution is -0.126. The molecule has 0 aliphatic heterocycles. The summed E-state index contributed by atoms with van der Waals surface area (Å²) in [7, 11) is 0. The van der Waals surface area contributed by atoms with Crippen LogP contribution in [0.4, 0.5) is 0 Å². The Morgan fingerprint density at radius 1 is 1.30 bits per heavy atom. The summed E-state index contributed by atoms with van der Waals surface area (Å²) in [6, 6.07) is 0. The number of Topliss-reactive ketones (excluding diaryl/α,β-unsaturated/α-hetero) is 2. The van der Waals surface area contributed by atoms with E-state index in [0.717, 1.165) is 23.1 Å². The first kappa shape index (κ1) is 16.6. The number of allylic oxidation sites excluding steroid dienone is 3. The lowest BCUT2D eigenvalue weighted by Gasteiger charge is -2.37. The standard InChI is InChI=1S/C20H28O3/c1-11(2)14-8-19(23)20(4)9-16-12(3)18(22)7-15(16)13(10-21)5-6-17(14)20/h5,11,14-15,17,21H,6-10H2,1-4H3/b13-5-/t14-,15-,17+,20-/m0/s1. The monoisotopic (exact) mass is 316 g/mol. The molecule has 4 atom stereocenters. The van der Waals surface area contributed by atoms with Gasteiger partial charge in [0.15, 0.2) is 5.78 Å². The minimum Gasteiger partial charge on any atom is -0.392 e. The third kappa shape index (κ3) is 2.44. The molecule has 1 N–H and O–H groups in total. The SMILES string of the molecule is CC1=C2C[C@]3(C)C(=O)C[C@@H](C(C)C)[C@H]3C/C=C(/CO)[C@@H]2CC1=O.